The van der Waals surface area contributed by atoms with E-state index in [1.165, 1.54) is 0 Å². The van der Waals surface area contributed by atoms with Gasteiger partial charge in [0.2, 0.25) is 5.88 Å². The fraction of sp³-hybridized carbons (Fsp3) is 0.643. The molecular formula is C14H24N2O4. The zero-order chi connectivity index (χ0) is 14.6. The molecule has 1 aromatic rings. The van der Waals surface area contributed by atoms with Gasteiger partial charge in [-0.2, -0.15) is 0 Å². The Labute approximate surface area is 120 Å². The van der Waals surface area contributed by atoms with Crippen molar-refractivity contribution in [1.29, 1.82) is 0 Å². The first-order chi connectivity index (χ1) is 9.76. The van der Waals surface area contributed by atoms with Gasteiger partial charge in [-0.3, -0.25) is 0 Å². The van der Waals surface area contributed by atoms with Gasteiger partial charge in [-0.05, 0) is 19.9 Å². The highest BCUT2D eigenvalue weighted by molar-refractivity contribution is 5.42. The molecule has 1 atom stereocenters. The predicted molar refractivity (Wildman–Crippen MR) is 77.2 cm³/mol. The van der Waals surface area contributed by atoms with Crippen molar-refractivity contribution in [2.75, 3.05) is 44.9 Å². The molecule has 6 heteroatoms. The number of ether oxygens (including phenoxy) is 3. The van der Waals surface area contributed by atoms with Crippen LogP contribution < -0.4 is 10.1 Å². The third-order valence-corrected chi connectivity index (χ3v) is 2.46. The highest BCUT2D eigenvalue weighted by Gasteiger charge is 2.04. The van der Waals surface area contributed by atoms with Crippen molar-refractivity contribution < 1.29 is 19.3 Å². The summed E-state index contributed by atoms with van der Waals surface area (Å²) in [6.45, 7) is 6.86. The smallest absolute Gasteiger partial charge is 0.213 e. The van der Waals surface area contributed by atoms with Gasteiger partial charge in [-0.25, -0.2) is 4.98 Å². The number of pyridine rings is 1. The summed E-state index contributed by atoms with van der Waals surface area (Å²) in [6.07, 6.45) is 1.11. The third-order valence-electron chi connectivity index (χ3n) is 2.46. The number of hydrogen-bond acceptors (Lipinski definition) is 6. The lowest BCUT2D eigenvalue weighted by atomic mass is 10.3. The summed E-state index contributed by atoms with van der Waals surface area (Å²) in [5, 5.41) is 12.8. The first-order valence-corrected chi connectivity index (χ1v) is 6.92. The normalized spacial score (nSPS) is 12.2. The van der Waals surface area contributed by atoms with E-state index in [1.54, 1.807) is 12.3 Å². The molecule has 0 aliphatic carbocycles. The van der Waals surface area contributed by atoms with E-state index in [9.17, 15) is 5.11 Å². The average molecular weight is 284 g/mol. The summed E-state index contributed by atoms with van der Waals surface area (Å²) in [5.74, 6) is 0.595. The standard InChI is InChI=1S/C14H24N2O4/c1-3-18-7-8-19-11-13(17)10-15-12-5-6-14(16-9-12)20-4-2/h5-6,9,13,15,17H,3-4,7-8,10-11H2,1-2H3. The quantitative estimate of drug-likeness (QED) is 0.597. The Bertz CT molecular complexity index is 346. The van der Waals surface area contributed by atoms with Crippen LogP contribution in [0.4, 0.5) is 5.69 Å². The minimum atomic E-state index is -0.566. The van der Waals surface area contributed by atoms with Gasteiger partial charge in [0.1, 0.15) is 0 Å². The molecule has 0 amide bonds. The number of aromatic nitrogens is 1. The molecule has 0 spiro atoms. The number of aliphatic hydroxyl groups excluding tert-OH is 1. The largest absolute Gasteiger partial charge is 0.478 e. The molecule has 6 nitrogen and oxygen atoms in total. The summed E-state index contributed by atoms with van der Waals surface area (Å²) in [5.41, 5.74) is 0.835. The van der Waals surface area contributed by atoms with Gasteiger partial charge < -0.3 is 24.6 Å². The zero-order valence-corrected chi connectivity index (χ0v) is 12.2. The third kappa shape index (κ3) is 7.28. The molecule has 2 N–H and O–H groups in total. The molecule has 0 aliphatic rings. The molecule has 0 saturated carbocycles. The van der Waals surface area contributed by atoms with Crippen LogP contribution in [0.3, 0.4) is 0 Å². The predicted octanol–water partition coefficient (Wildman–Crippen LogP) is 1.31. The second-order valence-electron chi connectivity index (χ2n) is 4.12. The van der Waals surface area contributed by atoms with Gasteiger partial charge in [0.25, 0.3) is 0 Å². The molecule has 0 radical (unpaired) electrons. The Morgan fingerprint density at radius 1 is 1.20 bits per heavy atom. The Hall–Kier alpha value is -1.37. The molecule has 1 unspecified atom stereocenters. The number of anilines is 1. The van der Waals surface area contributed by atoms with Crippen LogP contribution in [0.2, 0.25) is 0 Å². The number of rotatable bonds is 11. The molecular weight excluding hydrogens is 260 g/mol. The van der Waals surface area contributed by atoms with Gasteiger partial charge in [-0.15, -0.1) is 0 Å². The number of nitrogens with zero attached hydrogens (tertiary/aromatic N) is 1. The van der Waals surface area contributed by atoms with Crippen LogP contribution in [-0.2, 0) is 9.47 Å². The summed E-state index contributed by atoms with van der Waals surface area (Å²) < 4.78 is 15.7. The van der Waals surface area contributed by atoms with Crippen LogP contribution >= 0.6 is 0 Å². The number of nitrogens with one attached hydrogen (secondary N) is 1. The second-order valence-corrected chi connectivity index (χ2v) is 4.12. The fourth-order valence-corrected chi connectivity index (χ4v) is 1.49. The lowest BCUT2D eigenvalue weighted by Gasteiger charge is -2.13. The van der Waals surface area contributed by atoms with Crippen molar-refractivity contribution >= 4 is 5.69 Å². The van der Waals surface area contributed by atoms with Crippen molar-refractivity contribution in [3.05, 3.63) is 18.3 Å². The van der Waals surface area contributed by atoms with E-state index >= 15 is 0 Å². The molecule has 0 aromatic carbocycles. The Morgan fingerprint density at radius 2 is 2.00 bits per heavy atom. The van der Waals surface area contributed by atoms with E-state index in [0.717, 1.165) is 5.69 Å². The van der Waals surface area contributed by atoms with Crippen LogP contribution in [0.1, 0.15) is 13.8 Å². The second kappa shape index (κ2) is 10.4. The maximum Gasteiger partial charge on any atom is 0.213 e. The lowest BCUT2D eigenvalue weighted by Crippen LogP contribution is -2.25. The maximum atomic E-state index is 9.73. The molecule has 0 bridgehead atoms. The van der Waals surface area contributed by atoms with Gasteiger partial charge in [0, 0.05) is 19.2 Å². The SMILES string of the molecule is CCOCCOCC(O)CNc1ccc(OCC)nc1. The Kier molecular flexibility index (Phi) is 8.69. The van der Waals surface area contributed by atoms with Crippen LogP contribution in [0.5, 0.6) is 5.88 Å². The molecule has 1 aromatic heterocycles. The van der Waals surface area contributed by atoms with Crippen molar-refractivity contribution in [3.8, 4) is 5.88 Å². The first kappa shape index (κ1) is 16.7. The molecule has 0 fully saturated rings. The van der Waals surface area contributed by atoms with Crippen molar-refractivity contribution in [2.24, 2.45) is 0 Å². The van der Waals surface area contributed by atoms with Crippen LogP contribution in [0.15, 0.2) is 18.3 Å². The van der Waals surface area contributed by atoms with Gasteiger partial charge in [0.05, 0.1) is 44.4 Å². The lowest BCUT2D eigenvalue weighted by molar-refractivity contribution is 0.0103. The van der Waals surface area contributed by atoms with E-state index in [-0.39, 0.29) is 6.61 Å². The molecule has 0 aliphatic heterocycles. The van der Waals surface area contributed by atoms with Crippen molar-refractivity contribution in [1.82, 2.24) is 4.98 Å². The summed E-state index contributed by atoms with van der Waals surface area (Å²) in [4.78, 5) is 4.13. The monoisotopic (exact) mass is 284 g/mol. The Morgan fingerprint density at radius 3 is 2.65 bits per heavy atom. The van der Waals surface area contributed by atoms with Crippen molar-refractivity contribution in [2.45, 2.75) is 20.0 Å². The first-order valence-electron chi connectivity index (χ1n) is 6.92. The number of hydrogen-bond donors (Lipinski definition) is 2. The molecule has 1 heterocycles. The topological polar surface area (TPSA) is 72.8 Å². The minimum absolute atomic E-state index is 0.282. The highest BCUT2D eigenvalue weighted by Crippen LogP contribution is 2.11. The van der Waals surface area contributed by atoms with Gasteiger partial charge in [0.15, 0.2) is 0 Å². The van der Waals surface area contributed by atoms with Crippen molar-refractivity contribution in [3.63, 3.8) is 0 Å². The maximum absolute atomic E-state index is 9.73. The van der Waals surface area contributed by atoms with Gasteiger partial charge >= 0.3 is 0 Å². The summed E-state index contributed by atoms with van der Waals surface area (Å²) >= 11 is 0. The van der Waals surface area contributed by atoms with Crippen LogP contribution in [0, 0.1) is 0 Å². The van der Waals surface area contributed by atoms with E-state index in [1.807, 2.05) is 19.9 Å². The molecule has 0 saturated heterocycles. The fourth-order valence-electron chi connectivity index (χ4n) is 1.49. The molecule has 114 valence electrons. The average Bonchev–Trinajstić information content (AvgIpc) is 2.47. The van der Waals surface area contributed by atoms with E-state index < -0.39 is 6.10 Å². The zero-order valence-electron chi connectivity index (χ0n) is 12.2. The summed E-state index contributed by atoms with van der Waals surface area (Å²) in [7, 11) is 0. The number of aliphatic hydroxyl groups is 1. The van der Waals surface area contributed by atoms with E-state index in [2.05, 4.69) is 10.3 Å². The molecule has 1 rings (SSSR count). The minimum Gasteiger partial charge on any atom is -0.478 e. The van der Waals surface area contributed by atoms with E-state index in [4.69, 9.17) is 14.2 Å². The Balaban J connectivity index is 2.15. The summed E-state index contributed by atoms with van der Waals surface area (Å²) in [6, 6.07) is 3.65. The van der Waals surface area contributed by atoms with Crippen LogP contribution in [0.25, 0.3) is 0 Å². The van der Waals surface area contributed by atoms with Crippen LogP contribution in [-0.4, -0.2) is 55.8 Å². The van der Waals surface area contributed by atoms with Gasteiger partial charge in [-0.1, -0.05) is 0 Å². The highest BCUT2D eigenvalue weighted by atomic mass is 16.5. The molecule has 20 heavy (non-hydrogen) atoms. The van der Waals surface area contributed by atoms with E-state index in [0.29, 0.717) is 38.9 Å².